The molecular formula is C13H23N7O5. The van der Waals surface area contributed by atoms with Crippen molar-refractivity contribution in [3.05, 3.63) is 0 Å². The van der Waals surface area contributed by atoms with Gasteiger partial charge in [0.2, 0.25) is 5.79 Å². The maximum absolute atomic E-state index is 10.9. The Balaban J connectivity index is 2.09. The van der Waals surface area contributed by atoms with E-state index in [1.165, 1.54) is 4.90 Å². The maximum Gasteiger partial charge on any atom is 0.404 e. The number of hydrogen-bond acceptors (Lipinski definition) is 11. The zero-order chi connectivity index (χ0) is 18.6. The van der Waals surface area contributed by atoms with Crippen LogP contribution in [-0.4, -0.2) is 80.5 Å². The zero-order valence-corrected chi connectivity index (χ0v) is 13.7. The second-order valence-electron chi connectivity index (χ2n) is 6.43. The van der Waals surface area contributed by atoms with Gasteiger partial charge in [-0.1, -0.05) is 13.3 Å². The van der Waals surface area contributed by atoms with E-state index in [0.717, 1.165) is 0 Å². The SMILES string of the molecule is CCC[C@H]1[C@H](O)C(O)(O)[C@]23NC(N)=N[C@H]2[C@H](COC(N)=O)N=C(N)N13. The lowest BCUT2D eigenvalue weighted by Crippen LogP contribution is -2.77. The predicted molar refractivity (Wildman–Crippen MR) is 85.9 cm³/mol. The number of nitrogens with two attached hydrogens (primary N) is 3. The third-order valence-corrected chi connectivity index (χ3v) is 4.96. The van der Waals surface area contributed by atoms with Gasteiger partial charge in [0.15, 0.2) is 17.6 Å². The number of nitrogens with one attached hydrogen (secondary N) is 1. The number of rotatable bonds is 4. The Morgan fingerprint density at radius 1 is 1.40 bits per heavy atom. The number of hydrogen-bond donors (Lipinski definition) is 7. The van der Waals surface area contributed by atoms with Crippen LogP contribution in [0.2, 0.25) is 0 Å². The highest BCUT2D eigenvalue weighted by molar-refractivity contribution is 5.87. The molecule has 1 saturated heterocycles. The molecule has 0 saturated carbocycles. The van der Waals surface area contributed by atoms with Crippen LogP contribution < -0.4 is 22.5 Å². The normalized spacial score (nSPS) is 38.3. The third-order valence-electron chi connectivity index (χ3n) is 4.96. The molecule has 0 bridgehead atoms. The third kappa shape index (κ3) is 2.21. The summed E-state index contributed by atoms with van der Waals surface area (Å²) in [6, 6.07) is -2.54. The number of primary amides is 1. The van der Waals surface area contributed by atoms with E-state index >= 15 is 0 Å². The summed E-state index contributed by atoms with van der Waals surface area (Å²) in [7, 11) is 0. The van der Waals surface area contributed by atoms with Crippen LogP contribution in [-0.2, 0) is 4.74 Å². The number of carbonyl (C=O) groups excluding carboxylic acids is 1. The van der Waals surface area contributed by atoms with Crippen LogP contribution in [0.25, 0.3) is 0 Å². The molecule has 1 spiro atoms. The van der Waals surface area contributed by atoms with Gasteiger partial charge in [-0.2, -0.15) is 0 Å². The lowest BCUT2D eigenvalue weighted by Gasteiger charge is -2.49. The number of aliphatic imine (C=N–C) groups is 2. The largest absolute Gasteiger partial charge is 0.447 e. The number of carbonyl (C=O) groups is 1. The molecule has 0 radical (unpaired) electrons. The first-order chi connectivity index (χ1) is 11.7. The lowest BCUT2D eigenvalue weighted by molar-refractivity contribution is -0.258. The highest BCUT2D eigenvalue weighted by Gasteiger charge is 2.75. The van der Waals surface area contributed by atoms with Crippen molar-refractivity contribution < 1.29 is 24.9 Å². The van der Waals surface area contributed by atoms with Gasteiger partial charge in [0.25, 0.3) is 0 Å². The van der Waals surface area contributed by atoms with E-state index in [2.05, 4.69) is 15.3 Å². The standard InChI is InChI=1S/C13H23N7O5/c1-2-3-6-8(21)13(23,24)12-7(18-9(14)19-12)5(4-25-11(16)22)17-10(15)20(6)12/h5-8,21,23-24H,2-4H2,1H3,(H2,15,17)(H2,16,22)(H3,14,18,19)/t5-,6-,7-,8-,12-/m0/s1. The van der Waals surface area contributed by atoms with Gasteiger partial charge in [0.1, 0.15) is 24.8 Å². The highest BCUT2D eigenvalue weighted by atomic mass is 16.5. The van der Waals surface area contributed by atoms with E-state index < -0.39 is 41.8 Å². The van der Waals surface area contributed by atoms with Crippen LogP contribution >= 0.6 is 0 Å². The Morgan fingerprint density at radius 3 is 2.68 bits per heavy atom. The summed E-state index contributed by atoms with van der Waals surface area (Å²) in [5, 5.41) is 34.8. The summed E-state index contributed by atoms with van der Waals surface area (Å²) < 4.78 is 4.78. The average molecular weight is 357 g/mol. The van der Waals surface area contributed by atoms with Gasteiger partial charge < -0.3 is 47.5 Å². The van der Waals surface area contributed by atoms with Crippen molar-refractivity contribution in [1.29, 1.82) is 0 Å². The van der Waals surface area contributed by atoms with Crippen molar-refractivity contribution in [3.8, 4) is 0 Å². The fraction of sp³-hybridized carbons (Fsp3) is 0.769. The van der Waals surface area contributed by atoms with Crippen molar-refractivity contribution >= 4 is 18.0 Å². The van der Waals surface area contributed by atoms with E-state index in [4.69, 9.17) is 21.9 Å². The lowest BCUT2D eigenvalue weighted by atomic mass is 9.86. The molecule has 12 heteroatoms. The number of ether oxygens (including phenoxy) is 1. The van der Waals surface area contributed by atoms with E-state index in [9.17, 15) is 20.1 Å². The van der Waals surface area contributed by atoms with E-state index in [1.807, 2.05) is 6.92 Å². The molecule has 1 amide bonds. The van der Waals surface area contributed by atoms with Crippen molar-refractivity contribution in [2.45, 2.75) is 55.4 Å². The Labute approximate surface area is 143 Å². The van der Waals surface area contributed by atoms with E-state index in [0.29, 0.717) is 12.8 Å². The monoisotopic (exact) mass is 357 g/mol. The molecule has 140 valence electrons. The Hall–Kier alpha value is -2.31. The molecule has 3 rings (SSSR count). The Bertz CT molecular complexity index is 638. The van der Waals surface area contributed by atoms with Gasteiger partial charge in [0.05, 0.1) is 6.04 Å². The smallest absolute Gasteiger partial charge is 0.404 e. The first kappa shape index (κ1) is 17.5. The minimum Gasteiger partial charge on any atom is -0.447 e. The molecule has 3 aliphatic heterocycles. The summed E-state index contributed by atoms with van der Waals surface area (Å²) >= 11 is 0. The Morgan fingerprint density at radius 2 is 2.08 bits per heavy atom. The fourth-order valence-corrected chi connectivity index (χ4v) is 4.03. The molecule has 0 aromatic heterocycles. The van der Waals surface area contributed by atoms with Crippen LogP contribution in [0.5, 0.6) is 0 Å². The van der Waals surface area contributed by atoms with Gasteiger partial charge in [-0.15, -0.1) is 0 Å². The van der Waals surface area contributed by atoms with Crippen LogP contribution in [0, 0.1) is 0 Å². The van der Waals surface area contributed by atoms with Crippen molar-refractivity contribution in [2.75, 3.05) is 6.61 Å². The molecule has 10 N–H and O–H groups in total. The molecule has 0 aromatic rings. The molecule has 25 heavy (non-hydrogen) atoms. The Kier molecular flexibility index (Phi) is 3.93. The fourth-order valence-electron chi connectivity index (χ4n) is 4.03. The second-order valence-corrected chi connectivity index (χ2v) is 6.43. The number of guanidine groups is 2. The van der Waals surface area contributed by atoms with Crippen LogP contribution in [0.1, 0.15) is 19.8 Å². The highest BCUT2D eigenvalue weighted by Crippen LogP contribution is 2.48. The molecular weight excluding hydrogens is 334 g/mol. The van der Waals surface area contributed by atoms with Crippen molar-refractivity contribution in [3.63, 3.8) is 0 Å². The first-order valence-corrected chi connectivity index (χ1v) is 7.96. The first-order valence-electron chi connectivity index (χ1n) is 7.96. The van der Waals surface area contributed by atoms with E-state index in [-0.39, 0.29) is 18.5 Å². The van der Waals surface area contributed by atoms with Gasteiger partial charge in [-0.25, -0.2) is 14.8 Å². The number of amides is 1. The average Bonchev–Trinajstić information content (AvgIpc) is 2.95. The number of nitrogens with zero attached hydrogens (tertiary/aromatic N) is 3. The van der Waals surface area contributed by atoms with Crippen LogP contribution in [0.4, 0.5) is 4.79 Å². The minimum absolute atomic E-state index is 0.0470. The van der Waals surface area contributed by atoms with Crippen molar-refractivity contribution in [1.82, 2.24) is 10.2 Å². The summed E-state index contributed by atoms with van der Waals surface area (Å²) in [5.74, 6) is -2.75. The molecule has 3 aliphatic rings. The summed E-state index contributed by atoms with van der Waals surface area (Å²) in [6.45, 7) is 1.61. The molecule has 0 aliphatic carbocycles. The molecule has 3 heterocycles. The van der Waals surface area contributed by atoms with Gasteiger partial charge in [-0.3, -0.25) is 0 Å². The number of aliphatic hydroxyl groups is 3. The summed E-state index contributed by atoms with van der Waals surface area (Å²) in [5.41, 5.74) is 15.1. The summed E-state index contributed by atoms with van der Waals surface area (Å²) in [4.78, 5) is 20.8. The van der Waals surface area contributed by atoms with E-state index in [1.54, 1.807) is 0 Å². The minimum atomic E-state index is -2.63. The van der Waals surface area contributed by atoms with Gasteiger partial charge >= 0.3 is 6.09 Å². The zero-order valence-electron chi connectivity index (χ0n) is 13.7. The topological polar surface area (TPSA) is 205 Å². The quantitative estimate of drug-likeness (QED) is 0.247. The van der Waals surface area contributed by atoms with Gasteiger partial charge in [0, 0.05) is 0 Å². The molecule has 12 nitrogen and oxygen atoms in total. The second kappa shape index (κ2) is 5.61. The summed E-state index contributed by atoms with van der Waals surface area (Å²) in [6.07, 6.45) is -1.47. The molecule has 5 atom stereocenters. The number of aliphatic hydroxyl groups excluding tert-OH is 1. The maximum atomic E-state index is 10.9. The molecule has 0 aromatic carbocycles. The predicted octanol–water partition coefficient (Wildman–Crippen LogP) is -3.71. The van der Waals surface area contributed by atoms with Crippen LogP contribution in [0.15, 0.2) is 9.98 Å². The van der Waals surface area contributed by atoms with Gasteiger partial charge in [-0.05, 0) is 6.42 Å². The molecule has 0 unspecified atom stereocenters. The molecule has 1 fully saturated rings. The van der Waals surface area contributed by atoms with Crippen molar-refractivity contribution in [2.24, 2.45) is 27.2 Å². The van der Waals surface area contributed by atoms with Crippen LogP contribution in [0.3, 0.4) is 0 Å².